The lowest BCUT2D eigenvalue weighted by Crippen LogP contribution is -2.20. The van der Waals surface area contributed by atoms with Crippen molar-refractivity contribution in [1.29, 1.82) is 0 Å². The molecule has 0 aliphatic heterocycles. The van der Waals surface area contributed by atoms with Crippen LogP contribution in [-0.4, -0.2) is 25.5 Å². The highest BCUT2D eigenvalue weighted by Gasteiger charge is 2.18. The monoisotopic (exact) mass is 255 g/mol. The fourth-order valence-corrected chi connectivity index (χ4v) is 2.48. The molecule has 0 aromatic heterocycles. The maximum Gasteiger partial charge on any atom is -0.00222 e. The van der Waals surface area contributed by atoms with Gasteiger partial charge in [-0.1, -0.05) is 54.4 Å². The maximum atomic E-state index is 2.44. The molecule has 0 rings (SSSR count). The molecule has 1 nitrogen and oxygen atoms in total. The highest BCUT2D eigenvalue weighted by molar-refractivity contribution is 4.69. The summed E-state index contributed by atoms with van der Waals surface area (Å²) in [6.45, 7) is 15.6. The molecule has 0 bridgehead atoms. The first kappa shape index (κ1) is 18.0. The van der Waals surface area contributed by atoms with Crippen LogP contribution in [0, 0.1) is 29.6 Å². The summed E-state index contributed by atoms with van der Waals surface area (Å²) in [5.74, 6) is 4.27. The molecule has 0 radical (unpaired) electrons. The average Bonchev–Trinajstić information content (AvgIpc) is 2.30. The number of rotatable bonds is 9. The van der Waals surface area contributed by atoms with E-state index in [1.54, 1.807) is 0 Å². The van der Waals surface area contributed by atoms with Crippen molar-refractivity contribution in [3.8, 4) is 0 Å². The molecular formula is C17H37N. The van der Waals surface area contributed by atoms with E-state index in [0.29, 0.717) is 0 Å². The molecule has 0 fully saturated rings. The maximum absolute atomic E-state index is 2.44. The van der Waals surface area contributed by atoms with Gasteiger partial charge in [-0.25, -0.2) is 0 Å². The number of hydrogen-bond donors (Lipinski definition) is 0. The Morgan fingerprint density at radius 3 is 1.56 bits per heavy atom. The Morgan fingerprint density at radius 2 is 1.11 bits per heavy atom. The van der Waals surface area contributed by atoms with Gasteiger partial charge >= 0.3 is 0 Å². The van der Waals surface area contributed by atoms with Crippen LogP contribution in [0.15, 0.2) is 0 Å². The van der Waals surface area contributed by atoms with Gasteiger partial charge in [0.1, 0.15) is 0 Å². The molecule has 18 heavy (non-hydrogen) atoms. The molecule has 4 atom stereocenters. The van der Waals surface area contributed by atoms with Crippen LogP contribution in [0.5, 0.6) is 0 Å². The summed E-state index contributed by atoms with van der Waals surface area (Å²) in [5, 5.41) is 0. The molecule has 0 aliphatic carbocycles. The van der Waals surface area contributed by atoms with Crippen molar-refractivity contribution in [2.24, 2.45) is 29.6 Å². The third kappa shape index (κ3) is 7.41. The van der Waals surface area contributed by atoms with Gasteiger partial charge in [0, 0.05) is 0 Å². The minimum absolute atomic E-state index is 0.821. The zero-order valence-electron chi connectivity index (χ0n) is 14.2. The smallest absolute Gasteiger partial charge is 0.00222 e. The fraction of sp³-hybridized carbons (Fsp3) is 1.00. The molecule has 1 heteroatoms. The van der Waals surface area contributed by atoms with E-state index >= 15 is 0 Å². The summed E-state index contributed by atoms with van der Waals surface area (Å²) in [6, 6.07) is 0. The van der Waals surface area contributed by atoms with Crippen LogP contribution in [0.3, 0.4) is 0 Å². The predicted molar refractivity (Wildman–Crippen MR) is 83.9 cm³/mol. The van der Waals surface area contributed by atoms with Crippen LogP contribution < -0.4 is 0 Å². The van der Waals surface area contributed by atoms with Crippen molar-refractivity contribution in [2.75, 3.05) is 20.6 Å². The van der Waals surface area contributed by atoms with Crippen molar-refractivity contribution in [1.82, 2.24) is 4.90 Å². The lowest BCUT2D eigenvalue weighted by atomic mass is 9.80. The van der Waals surface area contributed by atoms with Gasteiger partial charge in [-0.2, -0.15) is 0 Å². The second kappa shape index (κ2) is 8.96. The summed E-state index contributed by atoms with van der Waals surface area (Å²) in [6.07, 6.45) is 4.13. The van der Waals surface area contributed by atoms with Crippen molar-refractivity contribution >= 4 is 0 Å². The zero-order chi connectivity index (χ0) is 14.3. The SMILES string of the molecule is CC(C)C(C)C(C)CCC(C)C(C)CCN(C)C. The van der Waals surface area contributed by atoms with Gasteiger partial charge in [0.2, 0.25) is 0 Å². The van der Waals surface area contributed by atoms with Gasteiger partial charge in [-0.3, -0.25) is 0 Å². The Morgan fingerprint density at radius 1 is 0.667 bits per heavy atom. The molecule has 0 aliphatic rings. The molecule has 0 N–H and O–H groups in total. The molecule has 110 valence electrons. The van der Waals surface area contributed by atoms with Crippen LogP contribution in [0.25, 0.3) is 0 Å². The fourth-order valence-electron chi connectivity index (χ4n) is 2.48. The highest BCUT2D eigenvalue weighted by Crippen LogP contribution is 2.28. The minimum atomic E-state index is 0.821. The largest absolute Gasteiger partial charge is 0.309 e. The Kier molecular flexibility index (Phi) is 8.94. The van der Waals surface area contributed by atoms with Gasteiger partial charge in [0.15, 0.2) is 0 Å². The van der Waals surface area contributed by atoms with Crippen molar-refractivity contribution in [2.45, 2.75) is 60.8 Å². The van der Waals surface area contributed by atoms with E-state index in [2.05, 4.69) is 60.5 Å². The topological polar surface area (TPSA) is 3.24 Å². The third-order valence-corrected chi connectivity index (χ3v) is 5.03. The zero-order valence-corrected chi connectivity index (χ0v) is 14.2. The molecular weight excluding hydrogens is 218 g/mol. The quantitative estimate of drug-likeness (QED) is 0.565. The summed E-state index contributed by atoms with van der Waals surface area (Å²) in [4.78, 5) is 2.30. The van der Waals surface area contributed by atoms with E-state index in [-0.39, 0.29) is 0 Å². The molecule has 0 heterocycles. The van der Waals surface area contributed by atoms with Crippen LogP contribution in [-0.2, 0) is 0 Å². The third-order valence-electron chi connectivity index (χ3n) is 5.03. The van der Waals surface area contributed by atoms with Crippen molar-refractivity contribution in [3.63, 3.8) is 0 Å². The number of nitrogens with zero attached hydrogens (tertiary/aromatic N) is 1. The Labute approximate surface area is 116 Å². The van der Waals surface area contributed by atoms with E-state index < -0.39 is 0 Å². The van der Waals surface area contributed by atoms with Crippen LogP contribution in [0.2, 0.25) is 0 Å². The van der Waals surface area contributed by atoms with E-state index in [9.17, 15) is 0 Å². The van der Waals surface area contributed by atoms with E-state index in [0.717, 1.165) is 29.6 Å². The van der Waals surface area contributed by atoms with Gasteiger partial charge in [-0.15, -0.1) is 0 Å². The van der Waals surface area contributed by atoms with Crippen LogP contribution >= 0.6 is 0 Å². The van der Waals surface area contributed by atoms with Crippen LogP contribution in [0.4, 0.5) is 0 Å². The van der Waals surface area contributed by atoms with E-state index in [1.165, 1.54) is 25.8 Å². The highest BCUT2D eigenvalue weighted by atomic mass is 15.0. The number of hydrogen-bond acceptors (Lipinski definition) is 1. The molecule has 0 aromatic rings. The molecule has 0 amide bonds. The summed E-state index contributed by atoms with van der Waals surface area (Å²) < 4.78 is 0. The van der Waals surface area contributed by atoms with E-state index in [1.807, 2.05) is 0 Å². The molecule has 0 saturated carbocycles. The Bertz CT molecular complexity index is 198. The van der Waals surface area contributed by atoms with Gasteiger partial charge < -0.3 is 4.90 Å². The Hall–Kier alpha value is -0.0400. The molecule has 4 unspecified atom stereocenters. The minimum Gasteiger partial charge on any atom is -0.309 e. The summed E-state index contributed by atoms with van der Waals surface area (Å²) in [5.41, 5.74) is 0. The summed E-state index contributed by atoms with van der Waals surface area (Å²) >= 11 is 0. The van der Waals surface area contributed by atoms with Gasteiger partial charge in [0.05, 0.1) is 0 Å². The molecule has 0 aromatic carbocycles. The standard InChI is InChI=1S/C17H37N/c1-13(2)17(6)16(5)10-9-14(3)15(4)11-12-18(7)8/h13-17H,9-12H2,1-8H3. The lowest BCUT2D eigenvalue weighted by molar-refractivity contribution is 0.237. The summed E-state index contributed by atoms with van der Waals surface area (Å²) in [7, 11) is 4.34. The van der Waals surface area contributed by atoms with Gasteiger partial charge in [0.25, 0.3) is 0 Å². The molecule has 0 spiro atoms. The normalized spacial score (nSPS) is 19.0. The van der Waals surface area contributed by atoms with Gasteiger partial charge in [-0.05, 0) is 56.7 Å². The molecule has 0 saturated heterocycles. The Balaban J connectivity index is 3.90. The van der Waals surface area contributed by atoms with Crippen molar-refractivity contribution < 1.29 is 0 Å². The second-order valence-corrected chi connectivity index (χ2v) is 7.20. The first-order valence-electron chi connectivity index (χ1n) is 7.90. The lowest BCUT2D eigenvalue weighted by Gasteiger charge is -2.27. The second-order valence-electron chi connectivity index (χ2n) is 7.20. The first-order valence-corrected chi connectivity index (χ1v) is 7.90. The predicted octanol–water partition coefficient (Wildman–Crippen LogP) is 4.92. The average molecular weight is 255 g/mol. The van der Waals surface area contributed by atoms with Crippen molar-refractivity contribution in [3.05, 3.63) is 0 Å². The first-order chi connectivity index (χ1) is 8.25. The van der Waals surface area contributed by atoms with E-state index in [4.69, 9.17) is 0 Å². The van der Waals surface area contributed by atoms with Crippen LogP contribution in [0.1, 0.15) is 60.8 Å².